The number of rotatable bonds is 5. The third-order valence-electron chi connectivity index (χ3n) is 3.13. The molecule has 0 aliphatic rings. The summed E-state index contributed by atoms with van der Waals surface area (Å²) >= 11 is 5.92. The van der Waals surface area contributed by atoms with Crippen molar-refractivity contribution in [3.8, 4) is 0 Å². The molecule has 0 aromatic heterocycles. The number of carbonyl (C=O) groups excluding carboxylic acids is 1. The summed E-state index contributed by atoms with van der Waals surface area (Å²) in [7, 11) is 0. The van der Waals surface area contributed by atoms with Gasteiger partial charge < -0.3 is 5.32 Å². The van der Waals surface area contributed by atoms with Crippen LogP contribution in [-0.2, 0) is 4.79 Å². The number of carbonyl (C=O) groups is 1. The van der Waals surface area contributed by atoms with Gasteiger partial charge in [0.05, 0.1) is 5.71 Å². The lowest BCUT2D eigenvalue weighted by Crippen LogP contribution is -2.35. The minimum atomic E-state index is -0.425. The highest BCUT2D eigenvalue weighted by molar-refractivity contribution is 6.30. The van der Waals surface area contributed by atoms with Crippen molar-refractivity contribution in [3.05, 3.63) is 65.2 Å². The van der Waals surface area contributed by atoms with Crippen LogP contribution in [-0.4, -0.2) is 17.7 Å². The number of anilines is 1. The number of nitrogens with one attached hydrogen (secondary N) is 2. The number of amides is 1. The molecule has 1 amide bonds. The minimum absolute atomic E-state index is 0.213. The van der Waals surface area contributed by atoms with Gasteiger partial charge in [-0.25, -0.2) is 5.43 Å². The van der Waals surface area contributed by atoms with Crippen LogP contribution in [0, 0.1) is 0 Å². The zero-order valence-corrected chi connectivity index (χ0v) is 13.3. The molecule has 0 aliphatic carbocycles. The SMILES string of the molecule is CC(=NNC(=O)C(C)Nc1cccc(Cl)c1)c1ccccc1. The predicted octanol–water partition coefficient (Wildman–Crippen LogP) is 3.68. The van der Waals surface area contributed by atoms with Gasteiger partial charge in [-0.2, -0.15) is 5.10 Å². The van der Waals surface area contributed by atoms with Crippen molar-refractivity contribution in [3.63, 3.8) is 0 Å². The fraction of sp³-hybridized carbons (Fsp3) is 0.176. The molecule has 0 radical (unpaired) electrons. The molecular formula is C17H18ClN3O. The van der Waals surface area contributed by atoms with Crippen LogP contribution in [0.4, 0.5) is 5.69 Å². The van der Waals surface area contributed by atoms with Crippen molar-refractivity contribution >= 4 is 28.9 Å². The smallest absolute Gasteiger partial charge is 0.262 e. The average Bonchev–Trinajstić information content (AvgIpc) is 2.53. The van der Waals surface area contributed by atoms with Crippen LogP contribution < -0.4 is 10.7 Å². The molecule has 4 nitrogen and oxygen atoms in total. The van der Waals surface area contributed by atoms with Crippen molar-refractivity contribution in [2.45, 2.75) is 19.9 Å². The zero-order chi connectivity index (χ0) is 15.9. The summed E-state index contributed by atoms with van der Waals surface area (Å²) in [4.78, 5) is 12.1. The summed E-state index contributed by atoms with van der Waals surface area (Å²) < 4.78 is 0. The number of hydrogen-bond acceptors (Lipinski definition) is 3. The minimum Gasteiger partial charge on any atom is -0.374 e. The van der Waals surface area contributed by atoms with Crippen molar-refractivity contribution in [2.24, 2.45) is 5.10 Å². The molecule has 0 heterocycles. The molecule has 114 valence electrons. The van der Waals surface area contributed by atoms with Crippen molar-refractivity contribution < 1.29 is 4.79 Å². The Labute approximate surface area is 135 Å². The van der Waals surface area contributed by atoms with Gasteiger partial charge in [-0.1, -0.05) is 48.0 Å². The lowest BCUT2D eigenvalue weighted by atomic mass is 10.1. The summed E-state index contributed by atoms with van der Waals surface area (Å²) in [5, 5.41) is 7.83. The molecule has 1 atom stereocenters. The molecule has 2 aromatic carbocycles. The van der Waals surface area contributed by atoms with E-state index < -0.39 is 6.04 Å². The van der Waals surface area contributed by atoms with Gasteiger partial charge in [0.2, 0.25) is 0 Å². The molecule has 0 saturated heterocycles. The Morgan fingerprint density at radius 2 is 1.86 bits per heavy atom. The average molecular weight is 316 g/mol. The fourth-order valence-corrected chi connectivity index (χ4v) is 2.06. The fourth-order valence-electron chi connectivity index (χ4n) is 1.87. The lowest BCUT2D eigenvalue weighted by molar-refractivity contribution is -0.121. The molecule has 1 unspecified atom stereocenters. The molecule has 0 fully saturated rings. The summed E-state index contributed by atoms with van der Waals surface area (Å²) in [6.45, 7) is 3.62. The lowest BCUT2D eigenvalue weighted by Gasteiger charge is -2.14. The number of benzene rings is 2. The van der Waals surface area contributed by atoms with E-state index in [0.717, 1.165) is 17.0 Å². The van der Waals surface area contributed by atoms with Crippen LogP contribution in [0.15, 0.2) is 59.7 Å². The first kappa shape index (κ1) is 16.0. The van der Waals surface area contributed by atoms with Gasteiger partial charge in [0.15, 0.2) is 0 Å². The first-order valence-electron chi connectivity index (χ1n) is 6.98. The van der Waals surface area contributed by atoms with E-state index in [1.54, 1.807) is 19.1 Å². The Kier molecular flexibility index (Phi) is 5.55. The zero-order valence-electron chi connectivity index (χ0n) is 12.5. The van der Waals surface area contributed by atoms with E-state index in [1.807, 2.05) is 49.4 Å². The summed E-state index contributed by atoms with van der Waals surface area (Å²) in [5.74, 6) is -0.213. The van der Waals surface area contributed by atoms with Gasteiger partial charge in [-0.3, -0.25) is 4.79 Å². The second-order valence-electron chi connectivity index (χ2n) is 4.92. The Balaban J connectivity index is 1.94. The summed E-state index contributed by atoms with van der Waals surface area (Å²) in [6.07, 6.45) is 0. The standard InChI is InChI=1S/C17H18ClN3O/c1-12(14-7-4-3-5-8-14)20-21-17(22)13(2)19-16-10-6-9-15(18)11-16/h3-11,13,19H,1-2H3,(H,21,22). The second kappa shape index (κ2) is 7.61. The molecule has 0 aliphatic heterocycles. The summed E-state index contributed by atoms with van der Waals surface area (Å²) in [5.41, 5.74) is 5.08. The van der Waals surface area contributed by atoms with Crippen molar-refractivity contribution in [1.82, 2.24) is 5.43 Å². The molecular weight excluding hydrogens is 298 g/mol. The first-order chi connectivity index (χ1) is 10.6. The predicted molar refractivity (Wildman–Crippen MR) is 91.3 cm³/mol. The second-order valence-corrected chi connectivity index (χ2v) is 5.35. The van der Waals surface area contributed by atoms with Crippen LogP contribution in [0.5, 0.6) is 0 Å². The van der Waals surface area contributed by atoms with E-state index in [0.29, 0.717) is 5.02 Å². The quantitative estimate of drug-likeness (QED) is 0.653. The highest BCUT2D eigenvalue weighted by atomic mass is 35.5. The van der Waals surface area contributed by atoms with Crippen LogP contribution in [0.2, 0.25) is 5.02 Å². The topological polar surface area (TPSA) is 53.5 Å². The van der Waals surface area contributed by atoms with Crippen LogP contribution in [0.1, 0.15) is 19.4 Å². The third-order valence-corrected chi connectivity index (χ3v) is 3.36. The van der Waals surface area contributed by atoms with E-state index in [-0.39, 0.29) is 5.91 Å². The molecule has 0 spiro atoms. The van der Waals surface area contributed by atoms with Gasteiger partial charge in [-0.15, -0.1) is 0 Å². The van der Waals surface area contributed by atoms with E-state index >= 15 is 0 Å². The van der Waals surface area contributed by atoms with Gasteiger partial charge in [-0.05, 0) is 37.6 Å². The highest BCUT2D eigenvalue weighted by Gasteiger charge is 2.12. The number of nitrogens with zero attached hydrogens (tertiary/aromatic N) is 1. The normalized spacial score (nSPS) is 12.6. The Morgan fingerprint density at radius 1 is 1.14 bits per heavy atom. The first-order valence-corrected chi connectivity index (χ1v) is 7.36. The third kappa shape index (κ3) is 4.60. The van der Waals surface area contributed by atoms with Crippen molar-refractivity contribution in [1.29, 1.82) is 0 Å². The maximum absolute atomic E-state index is 12.1. The number of hydrazone groups is 1. The van der Waals surface area contributed by atoms with E-state index in [9.17, 15) is 4.79 Å². The van der Waals surface area contributed by atoms with Crippen LogP contribution in [0.3, 0.4) is 0 Å². The van der Waals surface area contributed by atoms with Gasteiger partial charge in [0.25, 0.3) is 5.91 Å². The highest BCUT2D eigenvalue weighted by Crippen LogP contribution is 2.15. The molecule has 0 saturated carbocycles. The Bertz CT molecular complexity index is 671. The Hall–Kier alpha value is -2.33. The maximum atomic E-state index is 12.1. The van der Waals surface area contributed by atoms with Crippen molar-refractivity contribution in [2.75, 3.05) is 5.32 Å². The number of halogens is 1. The summed E-state index contributed by atoms with van der Waals surface area (Å²) in [6, 6.07) is 16.5. The molecule has 2 rings (SSSR count). The Morgan fingerprint density at radius 3 is 2.55 bits per heavy atom. The molecule has 2 N–H and O–H groups in total. The van der Waals surface area contributed by atoms with E-state index in [2.05, 4.69) is 15.8 Å². The van der Waals surface area contributed by atoms with Crippen LogP contribution >= 0.6 is 11.6 Å². The number of hydrogen-bond donors (Lipinski definition) is 2. The maximum Gasteiger partial charge on any atom is 0.262 e. The molecule has 0 bridgehead atoms. The monoisotopic (exact) mass is 315 g/mol. The van der Waals surface area contributed by atoms with E-state index in [1.165, 1.54) is 0 Å². The largest absolute Gasteiger partial charge is 0.374 e. The van der Waals surface area contributed by atoms with Gasteiger partial charge in [0, 0.05) is 10.7 Å². The molecule has 2 aromatic rings. The van der Waals surface area contributed by atoms with Gasteiger partial charge >= 0.3 is 0 Å². The molecule has 22 heavy (non-hydrogen) atoms. The van der Waals surface area contributed by atoms with E-state index in [4.69, 9.17) is 11.6 Å². The molecule has 5 heteroatoms. The van der Waals surface area contributed by atoms with Gasteiger partial charge in [0.1, 0.15) is 6.04 Å². The van der Waals surface area contributed by atoms with Crippen LogP contribution in [0.25, 0.3) is 0 Å².